The minimum absolute atomic E-state index is 0.351. The third kappa shape index (κ3) is 2.85. The molecule has 0 saturated heterocycles. The van der Waals surface area contributed by atoms with E-state index in [1.807, 2.05) is 43.5 Å². The van der Waals surface area contributed by atoms with Crippen molar-refractivity contribution in [1.29, 1.82) is 0 Å². The summed E-state index contributed by atoms with van der Waals surface area (Å²) in [4.78, 5) is 11.8. The average Bonchev–Trinajstić information content (AvgIpc) is 2.85. The molecular formula is C17H14NO2S+. The first-order chi connectivity index (χ1) is 10.3. The van der Waals surface area contributed by atoms with Gasteiger partial charge in [0.2, 0.25) is 5.52 Å². The van der Waals surface area contributed by atoms with Crippen molar-refractivity contribution < 1.29 is 14.1 Å². The second-order valence-corrected chi connectivity index (χ2v) is 5.60. The minimum Gasteiger partial charge on any atom is -0.431 e. The first-order valence-electron chi connectivity index (χ1n) is 6.56. The van der Waals surface area contributed by atoms with E-state index in [-0.39, 0.29) is 5.97 Å². The lowest BCUT2D eigenvalue weighted by atomic mass is 10.2. The van der Waals surface area contributed by atoms with Crippen molar-refractivity contribution in [3.05, 3.63) is 71.4 Å². The van der Waals surface area contributed by atoms with Gasteiger partial charge in [-0.2, -0.15) is 4.57 Å². The molecule has 3 rings (SSSR count). The zero-order valence-corrected chi connectivity index (χ0v) is 12.3. The Hall–Kier alpha value is -2.46. The molecule has 3 nitrogen and oxygen atoms in total. The number of hydrogen-bond acceptors (Lipinski definition) is 3. The van der Waals surface area contributed by atoms with Crippen LogP contribution >= 0.6 is 11.3 Å². The molecule has 0 unspecified atom stereocenters. The maximum absolute atomic E-state index is 11.8. The van der Waals surface area contributed by atoms with Crippen molar-refractivity contribution in [2.75, 3.05) is 0 Å². The van der Waals surface area contributed by atoms with Crippen LogP contribution in [0.15, 0.2) is 60.9 Å². The quantitative estimate of drug-likeness (QED) is 0.420. The van der Waals surface area contributed by atoms with Crippen LogP contribution < -0.4 is 4.57 Å². The van der Waals surface area contributed by atoms with Crippen LogP contribution in [0.3, 0.4) is 0 Å². The summed E-state index contributed by atoms with van der Waals surface area (Å²) in [7, 11) is 2.00. The predicted molar refractivity (Wildman–Crippen MR) is 83.9 cm³/mol. The number of carbonyl (C=O) groups is 1. The third-order valence-corrected chi connectivity index (χ3v) is 4.35. The number of hydrogen-bond donors (Lipinski definition) is 0. The molecule has 1 aromatic heterocycles. The van der Waals surface area contributed by atoms with E-state index in [2.05, 4.69) is 16.7 Å². The molecule has 0 amide bonds. The zero-order chi connectivity index (χ0) is 14.7. The molecule has 21 heavy (non-hydrogen) atoms. The van der Waals surface area contributed by atoms with E-state index in [0.29, 0.717) is 5.56 Å². The standard InChI is InChI=1S/C17H14NO2S/c1-18-14-9-5-6-10-15(14)21-16(18)11-12-20-17(19)13-7-3-2-4-8-13/h2-12H,1H3/q+1. The summed E-state index contributed by atoms with van der Waals surface area (Å²) < 4.78 is 8.44. The first kappa shape index (κ1) is 13.5. The molecule has 0 aliphatic carbocycles. The second-order valence-electron chi connectivity index (χ2n) is 4.54. The van der Waals surface area contributed by atoms with Gasteiger partial charge in [0.1, 0.15) is 18.0 Å². The highest BCUT2D eigenvalue weighted by Crippen LogP contribution is 2.20. The maximum Gasteiger partial charge on any atom is 0.342 e. The van der Waals surface area contributed by atoms with E-state index in [1.54, 1.807) is 23.5 Å². The predicted octanol–water partition coefficient (Wildman–Crippen LogP) is 3.55. The number of thiazole rings is 1. The highest BCUT2D eigenvalue weighted by atomic mass is 32.1. The molecule has 0 bridgehead atoms. The van der Waals surface area contributed by atoms with Crippen LogP contribution in [-0.2, 0) is 11.8 Å². The van der Waals surface area contributed by atoms with Crippen LogP contribution in [0.5, 0.6) is 0 Å². The van der Waals surface area contributed by atoms with E-state index in [0.717, 1.165) is 10.5 Å². The van der Waals surface area contributed by atoms with Gasteiger partial charge in [-0.05, 0) is 18.2 Å². The van der Waals surface area contributed by atoms with Gasteiger partial charge < -0.3 is 4.74 Å². The molecule has 1 heterocycles. The van der Waals surface area contributed by atoms with Gasteiger partial charge in [-0.25, -0.2) is 4.79 Å². The van der Waals surface area contributed by atoms with Gasteiger partial charge in [-0.1, -0.05) is 41.7 Å². The topological polar surface area (TPSA) is 30.2 Å². The maximum atomic E-state index is 11.8. The lowest BCUT2D eigenvalue weighted by Gasteiger charge is -1.97. The zero-order valence-electron chi connectivity index (χ0n) is 11.5. The van der Waals surface area contributed by atoms with Crippen LogP contribution in [0.4, 0.5) is 0 Å². The molecule has 3 aromatic rings. The number of carbonyl (C=O) groups excluding carboxylic acids is 1. The van der Waals surface area contributed by atoms with E-state index < -0.39 is 0 Å². The smallest absolute Gasteiger partial charge is 0.342 e. The Morgan fingerprint density at radius 3 is 2.57 bits per heavy atom. The molecule has 4 heteroatoms. The number of nitrogens with zero attached hydrogens (tertiary/aromatic N) is 1. The number of esters is 1. The molecule has 0 N–H and O–H groups in total. The van der Waals surface area contributed by atoms with Crippen LogP contribution in [0.25, 0.3) is 16.3 Å². The summed E-state index contributed by atoms with van der Waals surface area (Å²) in [5.74, 6) is -0.351. The Kier molecular flexibility index (Phi) is 3.79. The molecule has 0 radical (unpaired) electrons. The van der Waals surface area contributed by atoms with E-state index >= 15 is 0 Å². The molecular weight excluding hydrogens is 282 g/mol. The number of rotatable bonds is 3. The van der Waals surface area contributed by atoms with Crippen LogP contribution in [0.2, 0.25) is 0 Å². The fourth-order valence-corrected chi connectivity index (χ4v) is 3.10. The summed E-state index contributed by atoms with van der Waals surface area (Å²) in [5.41, 5.74) is 1.71. The monoisotopic (exact) mass is 296 g/mol. The van der Waals surface area contributed by atoms with E-state index in [9.17, 15) is 4.79 Å². The minimum atomic E-state index is -0.351. The van der Waals surface area contributed by atoms with Gasteiger partial charge in [0.05, 0.1) is 11.6 Å². The van der Waals surface area contributed by atoms with Crippen LogP contribution in [-0.4, -0.2) is 5.97 Å². The first-order valence-corrected chi connectivity index (χ1v) is 7.37. The second kappa shape index (κ2) is 5.89. The molecule has 104 valence electrons. The number of aryl methyl sites for hydroxylation is 1. The van der Waals surface area contributed by atoms with Gasteiger partial charge in [-0.3, -0.25) is 0 Å². The number of aromatic nitrogens is 1. The summed E-state index contributed by atoms with van der Waals surface area (Å²) >= 11 is 1.66. The highest BCUT2D eigenvalue weighted by molar-refractivity contribution is 7.18. The van der Waals surface area contributed by atoms with Crippen LogP contribution in [0.1, 0.15) is 15.4 Å². The Bertz CT molecular complexity index is 806. The van der Waals surface area contributed by atoms with Gasteiger partial charge in [0, 0.05) is 6.07 Å². The molecule has 0 spiro atoms. The molecule has 0 saturated carbocycles. The Labute approximate surface area is 126 Å². The summed E-state index contributed by atoms with van der Waals surface area (Å²) in [5, 5.41) is 1.03. The molecule has 2 aromatic carbocycles. The van der Waals surface area contributed by atoms with Crippen molar-refractivity contribution in [2.45, 2.75) is 0 Å². The average molecular weight is 296 g/mol. The lowest BCUT2D eigenvalue weighted by molar-refractivity contribution is -0.642. The Morgan fingerprint density at radius 2 is 1.81 bits per heavy atom. The van der Waals surface area contributed by atoms with Crippen LogP contribution in [0, 0.1) is 0 Å². The summed E-state index contributed by atoms with van der Waals surface area (Å²) in [6.45, 7) is 0. The molecule has 0 aliphatic rings. The molecule has 0 atom stereocenters. The third-order valence-electron chi connectivity index (χ3n) is 3.17. The van der Waals surface area contributed by atoms with Crippen molar-refractivity contribution in [1.82, 2.24) is 0 Å². The van der Waals surface area contributed by atoms with Gasteiger partial charge in [0.25, 0.3) is 5.01 Å². The Morgan fingerprint density at radius 1 is 1.10 bits per heavy atom. The number of ether oxygens (including phenoxy) is 1. The number of para-hydroxylation sites is 1. The SMILES string of the molecule is C[n+]1c(C=COC(=O)c2ccccc2)sc2ccccc21. The Balaban J connectivity index is 1.76. The number of benzene rings is 2. The highest BCUT2D eigenvalue weighted by Gasteiger charge is 2.13. The van der Waals surface area contributed by atoms with Crippen molar-refractivity contribution in [3.63, 3.8) is 0 Å². The van der Waals surface area contributed by atoms with Crippen molar-refractivity contribution in [3.8, 4) is 0 Å². The van der Waals surface area contributed by atoms with Gasteiger partial charge >= 0.3 is 5.97 Å². The van der Waals surface area contributed by atoms with E-state index in [1.165, 1.54) is 11.0 Å². The largest absolute Gasteiger partial charge is 0.431 e. The fraction of sp³-hybridized carbons (Fsp3) is 0.0588. The molecule has 0 fully saturated rings. The lowest BCUT2D eigenvalue weighted by Crippen LogP contribution is -2.28. The normalized spacial score (nSPS) is 11.1. The van der Waals surface area contributed by atoms with Gasteiger partial charge in [-0.15, -0.1) is 0 Å². The van der Waals surface area contributed by atoms with E-state index in [4.69, 9.17) is 4.74 Å². The van der Waals surface area contributed by atoms with Crippen molar-refractivity contribution in [2.24, 2.45) is 7.05 Å². The summed E-state index contributed by atoms with van der Waals surface area (Å²) in [6, 6.07) is 17.1. The molecule has 0 aliphatic heterocycles. The summed E-state index contributed by atoms with van der Waals surface area (Å²) in [6.07, 6.45) is 3.26. The van der Waals surface area contributed by atoms with Crippen molar-refractivity contribution >= 4 is 33.6 Å². The number of fused-ring (bicyclic) bond motifs is 1. The van der Waals surface area contributed by atoms with Gasteiger partial charge in [0.15, 0.2) is 0 Å². The fourth-order valence-electron chi connectivity index (χ4n) is 2.06.